The topological polar surface area (TPSA) is 32.3 Å². The van der Waals surface area contributed by atoms with Gasteiger partial charge in [0.05, 0.1) is 5.02 Å². The molecule has 1 unspecified atom stereocenters. The third kappa shape index (κ3) is 2.14. The zero-order valence-electron chi connectivity index (χ0n) is 9.82. The van der Waals surface area contributed by atoms with Crippen molar-refractivity contribution >= 4 is 22.9 Å². The first-order chi connectivity index (χ1) is 8.75. The first-order valence-corrected chi connectivity index (χ1v) is 7.32. The normalized spacial score (nSPS) is 19.3. The Morgan fingerprint density at radius 3 is 3.06 bits per heavy atom. The molecule has 94 valence electrons. The second-order valence-corrected chi connectivity index (χ2v) is 5.75. The monoisotopic (exact) mass is 279 g/mol. The highest BCUT2D eigenvalue weighted by atomic mass is 35.5. The van der Waals surface area contributed by atoms with Gasteiger partial charge in [-0.25, -0.2) is 0 Å². The van der Waals surface area contributed by atoms with E-state index in [2.05, 4.69) is 22.1 Å². The summed E-state index contributed by atoms with van der Waals surface area (Å²) in [4.78, 5) is 0. The largest absolute Gasteiger partial charge is 0.506 e. The van der Waals surface area contributed by atoms with Crippen molar-refractivity contribution in [2.45, 2.75) is 12.3 Å². The number of phenolic OH excluding ortho intramolecular Hbond substituents is 1. The summed E-state index contributed by atoms with van der Waals surface area (Å²) in [6.07, 6.45) is 0.954. The maximum absolute atomic E-state index is 9.83. The summed E-state index contributed by atoms with van der Waals surface area (Å²) in [6.45, 7) is 1.86. The van der Waals surface area contributed by atoms with E-state index in [1.807, 2.05) is 12.1 Å². The number of rotatable bonds is 1. The predicted molar refractivity (Wildman–Crippen MR) is 75.9 cm³/mol. The Bertz CT molecular complexity index is 553. The third-order valence-corrected chi connectivity index (χ3v) is 4.45. The minimum atomic E-state index is 0.178. The van der Waals surface area contributed by atoms with Crippen molar-refractivity contribution in [1.29, 1.82) is 0 Å². The molecule has 0 fully saturated rings. The average molecular weight is 280 g/mol. The van der Waals surface area contributed by atoms with Gasteiger partial charge in [0, 0.05) is 12.5 Å². The molecule has 2 nitrogen and oxygen atoms in total. The van der Waals surface area contributed by atoms with Crippen LogP contribution >= 0.6 is 22.9 Å². The summed E-state index contributed by atoms with van der Waals surface area (Å²) < 4.78 is 0. The predicted octanol–water partition coefficient (Wildman–Crippen LogP) is 3.38. The number of nitrogens with one attached hydrogen (secondary N) is 1. The molecule has 1 aromatic heterocycles. The van der Waals surface area contributed by atoms with Crippen LogP contribution in [0.4, 0.5) is 0 Å². The number of aromatic hydroxyl groups is 1. The van der Waals surface area contributed by atoms with Gasteiger partial charge in [-0.2, -0.15) is 11.3 Å². The Balaban J connectivity index is 2.11. The SMILES string of the molecule is Oc1cc2c(cc1Cl)CCNCC2c1ccsc1. The molecule has 18 heavy (non-hydrogen) atoms. The third-order valence-electron chi connectivity index (χ3n) is 3.45. The molecule has 0 aliphatic carbocycles. The Kier molecular flexibility index (Phi) is 3.29. The lowest BCUT2D eigenvalue weighted by Crippen LogP contribution is -2.20. The van der Waals surface area contributed by atoms with E-state index in [4.69, 9.17) is 11.6 Å². The number of hydrogen-bond acceptors (Lipinski definition) is 3. The Labute approximate surface area is 115 Å². The first kappa shape index (κ1) is 12.0. The van der Waals surface area contributed by atoms with Crippen LogP contribution in [0.3, 0.4) is 0 Å². The molecule has 2 heterocycles. The lowest BCUT2D eigenvalue weighted by Gasteiger charge is -2.17. The average Bonchev–Trinajstić information content (AvgIpc) is 2.80. The summed E-state index contributed by atoms with van der Waals surface area (Å²) >= 11 is 7.71. The Hall–Kier alpha value is -1.03. The molecule has 0 radical (unpaired) electrons. The molecule has 0 amide bonds. The molecule has 2 aromatic rings. The second kappa shape index (κ2) is 4.92. The number of phenols is 1. The summed E-state index contributed by atoms with van der Waals surface area (Å²) in [6, 6.07) is 5.88. The van der Waals surface area contributed by atoms with E-state index in [-0.39, 0.29) is 5.75 Å². The number of halogens is 1. The van der Waals surface area contributed by atoms with Crippen molar-refractivity contribution < 1.29 is 5.11 Å². The van der Waals surface area contributed by atoms with Crippen LogP contribution in [0.2, 0.25) is 5.02 Å². The van der Waals surface area contributed by atoms with E-state index < -0.39 is 0 Å². The molecule has 0 bridgehead atoms. The maximum atomic E-state index is 9.83. The molecule has 1 aliphatic heterocycles. The maximum Gasteiger partial charge on any atom is 0.134 e. The fourth-order valence-electron chi connectivity index (χ4n) is 2.51. The zero-order chi connectivity index (χ0) is 12.5. The van der Waals surface area contributed by atoms with Gasteiger partial charge in [0.15, 0.2) is 0 Å². The number of fused-ring (bicyclic) bond motifs is 1. The molecule has 0 spiro atoms. The van der Waals surface area contributed by atoms with Crippen LogP contribution in [-0.4, -0.2) is 18.2 Å². The van der Waals surface area contributed by atoms with Gasteiger partial charge in [-0.1, -0.05) is 11.6 Å². The van der Waals surface area contributed by atoms with Gasteiger partial charge in [-0.05, 0) is 58.6 Å². The molecule has 0 saturated carbocycles. The Morgan fingerprint density at radius 1 is 1.39 bits per heavy atom. The van der Waals surface area contributed by atoms with Gasteiger partial charge in [0.1, 0.15) is 5.75 Å². The van der Waals surface area contributed by atoms with E-state index in [0.29, 0.717) is 10.9 Å². The number of thiophene rings is 1. The molecule has 4 heteroatoms. The van der Waals surface area contributed by atoms with E-state index in [9.17, 15) is 5.11 Å². The van der Waals surface area contributed by atoms with Crippen molar-refractivity contribution in [3.63, 3.8) is 0 Å². The van der Waals surface area contributed by atoms with E-state index >= 15 is 0 Å². The lowest BCUT2D eigenvalue weighted by molar-refractivity contribution is 0.474. The van der Waals surface area contributed by atoms with Crippen LogP contribution in [-0.2, 0) is 6.42 Å². The van der Waals surface area contributed by atoms with Crippen LogP contribution in [0.15, 0.2) is 29.0 Å². The highest BCUT2D eigenvalue weighted by molar-refractivity contribution is 7.08. The lowest BCUT2D eigenvalue weighted by atomic mass is 9.89. The quantitative estimate of drug-likeness (QED) is 0.839. The zero-order valence-corrected chi connectivity index (χ0v) is 11.4. The minimum Gasteiger partial charge on any atom is -0.506 e. The molecule has 1 aliphatic rings. The van der Waals surface area contributed by atoms with Crippen LogP contribution in [0.5, 0.6) is 5.75 Å². The van der Waals surface area contributed by atoms with Gasteiger partial charge in [0.25, 0.3) is 0 Å². The Morgan fingerprint density at radius 2 is 2.28 bits per heavy atom. The molecule has 0 saturated heterocycles. The van der Waals surface area contributed by atoms with Crippen molar-refractivity contribution in [2.24, 2.45) is 0 Å². The van der Waals surface area contributed by atoms with Crippen molar-refractivity contribution in [3.8, 4) is 5.75 Å². The summed E-state index contributed by atoms with van der Waals surface area (Å²) in [7, 11) is 0. The fraction of sp³-hybridized carbons (Fsp3) is 0.286. The second-order valence-electron chi connectivity index (χ2n) is 4.57. The van der Waals surface area contributed by atoms with Crippen molar-refractivity contribution in [2.75, 3.05) is 13.1 Å². The summed E-state index contributed by atoms with van der Waals surface area (Å²) in [5.74, 6) is 0.481. The van der Waals surface area contributed by atoms with Gasteiger partial charge in [-0.15, -0.1) is 0 Å². The van der Waals surface area contributed by atoms with Crippen LogP contribution in [0, 0.1) is 0 Å². The van der Waals surface area contributed by atoms with Gasteiger partial charge < -0.3 is 10.4 Å². The van der Waals surface area contributed by atoms with Crippen LogP contribution in [0.1, 0.15) is 22.6 Å². The fourth-order valence-corrected chi connectivity index (χ4v) is 3.41. The van der Waals surface area contributed by atoms with Crippen molar-refractivity contribution in [1.82, 2.24) is 5.32 Å². The first-order valence-electron chi connectivity index (χ1n) is 6.00. The molecule has 1 aromatic carbocycles. The molecule has 1 atom stereocenters. The smallest absolute Gasteiger partial charge is 0.134 e. The van der Waals surface area contributed by atoms with Gasteiger partial charge in [0.2, 0.25) is 0 Å². The summed E-state index contributed by atoms with van der Waals surface area (Å²) in [5.41, 5.74) is 3.73. The molecule has 3 rings (SSSR count). The van der Waals surface area contributed by atoms with Crippen LogP contribution in [0.25, 0.3) is 0 Å². The molecular weight excluding hydrogens is 266 g/mol. The van der Waals surface area contributed by atoms with E-state index in [1.54, 1.807) is 11.3 Å². The van der Waals surface area contributed by atoms with E-state index in [1.165, 1.54) is 16.7 Å². The standard InChI is InChI=1S/C14H14ClNOS/c15-13-5-9-1-3-16-7-12(10-2-4-18-8-10)11(9)6-14(13)17/h2,4-6,8,12,16-17H,1,3,7H2. The number of benzene rings is 1. The summed E-state index contributed by atoms with van der Waals surface area (Å²) in [5, 5.41) is 18.0. The number of hydrogen-bond donors (Lipinski definition) is 2. The highest BCUT2D eigenvalue weighted by Gasteiger charge is 2.22. The molecular formula is C14H14ClNOS. The minimum absolute atomic E-state index is 0.178. The molecule has 2 N–H and O–H groups in total. The highest BCUT2D eigenvalue weighted by Crippen LogP contribution is 2.35. The van der Waals surface area contributed by atoms with Crippen molar-refractivity contribution in [3.05, 3.63) is 50.7 Å². The van der Waals surface area contributed by atoms with Gasteiger partial charge in [-0.3, -0.25) is 0 Å². The van der Waals surface area contributed by atoms with Gasteiger partial charge >= 0.3 is 0 Å². The van der Waals surface area contributed by atoms with Crippen LogP contribution < -0.4 is 5.32 Å². The van der Waals surface area contributed by atoms with E-state index in [0.717, 1.165) is 19.5 Å².